The highest BCUT2D eigenvalue weighted by Crippen LogP contribution is 2.56. The maximum Gasteiger partial charge on any atom is 0.251 e. The Labute approximate surface area is 418 Å². The van der Waals surface area contributed by atoms with Gasteiger partial charge >= 0.3 is 0 Å². The first-order chi connectivity index (χ1) is 34.9. The number of benzene rings is 6. The molecule has 2 aromatic heterocycles. The Morgan fingerprint density at radius 2 is 0.847 bits per heavy atom. The number of aryl methyl sites for hydroxylation is 4. The van der Waals surface area contributed by atoms with Crippen LogP contribution in [0.4, 0.5) is 11.6 Å². The number of amides is 2. The van der Waals surface area contributed by atoms with Gasteiger partial charge in [0, 0.05) is 46.7 Å². The summed E-state index contributed by atoms with van der Waals surface area (Å²) in [5.74, 6) is 2.41. The van der Waals surface area contributed by atoms with Crippen LogP contribution in [0.15, 0.2) is 133 Å². The first-order valence-electron chi connectivity index (χ1n) is 24.0. The van der Waals surface area contributed by atoms with Crippen LogP contribution in [0.25, 0.3) is 22.3 Å². The summed E-state index contributed by atoms with van der Waals surface area (Å²) in [7, 11) is 3.38. The summed E-state index contributed by atoms with van der Waals surface area (Å²) in [5.41, 5.74) is 31.9. The number of hydrogen-bond donors (Lipinski definition) is 4. The summed E-state index contributed by atoms with van der Waals surface area (Å²) < 4.78 is 23.9. The van der Waals surface area contributed by atoms with E-state index in [1.165, 1.54) is 11.1 Å². The van der Waals surface area contributed by atoms with E-state index >= 15 is 0 Å². The Kier molecular flexibility index (Phi) is 11.8. The van der Waals surface area contributed by atoms with Crippen LogP contribution in [0.2, 0.25) is 0 Å². The lowest BCUT2D eigenvalue weighted by Gasteiger charge is -2.18. The summed E-state index contributed by atoms with van der Waals surface area (Å²) in [4.78, 5) is 34.7. The molecule has 0 radical (unpaired) electrons. The molecular weight excluding hydrogens is 901 g/mol. The molecule has 4 atom stereocenters. The topological polar surface area (TPSA) is 173 Å². The number of rotatable bonds is 10. The fraction of sp³-hybridized carbons (Fsp3) is 0.200. The van der Waals surface area contributed by atoms with Crippen LogP contribution in [-0.2, 0) is 22.6 Å². The molecule has 360 valence electrons. The molecule has 8 aromatic rings. The van der Waals surface area contributed by atoms with Crippen molar-refractivity contribution in [1.29, 1.82) is 0 Å². The molecule has 6 heterocycles. The number of nitrogens with zero attached hydrogens (tertiary/aromatic N) is 2. The number of nitrogens with one attached hydrogen (secondary N) is 2. The average Bonchev–Trinajstić information content (AvgIpc) is 4.17. The number of aromatic nitrogens is 2. The molecule has 72 heavy (non-hydrogen) atoms. The summed E-state index contributed by atoms with van der Waals surface area (Å²) in [5, 5.41) is 6.07. The van der Waals surface area contributed by atoms with E-state index in [1.807, 2.05) is 113 Å². The van der Waals surface area contributed by atoms with Crippen molar-refractivity contribution >= 4 is 23.5 Å². The van der Waals surface area contributed by atoms with Gasteiger partial charge in [-0.05, 0) is 166 Å². The highest BCUT2D eigenvalue weighted by molar-refractivity contribution is 5.95. The number of nitrogens with two attached hydrogens (primary N) is 2. The molecule has 6 N–H and O–H groups in total. The molecule has 0 spiro atoms. The van der Waals surface area contributed by atoms with Gasteiger partial charge in [0.2, 0.25) is 0 Å². The van der Waals surface area contributed by atoms with E-state index in [2.05, 4.69) is 69.1 Å². The van der Waals surface area contributed by atoms with Crippen molar-refractivity contribution in [2.45, 2.75) is 65.2 Å². The van der Waals surface area contributed by atoms with Crippen LogP contribution < -0.4 is 31.6 Å². The summed E-state index contributed by atoms with van der Waals surface area (Å²) >= 11 is 0. The van der Waals surface area contributed by atoms with E-state index in [9.17, 15) is 9.59 Å². The number of anilines is 2. The van der Waals surface area contributed by atoms with Crippen molar-refractivity contribution in [1.82, 2.24) is 20.6 Å². The second-order valence-electron chi connectivity index (χ2n) is 18.8. The number of fused-ring (bicyclic) bond motifs is 16. The highest BCUT2D eigenvalue weighted by atomic mass is 16.5. The summed E-state index contributed by atoms with van der Waals surface area (Å²) in [6.07, 6.45) is -0.577. The lowest BCUT2D eigenvalue weighted by Crippen LogP contribution is -2.24. The van der Waals surface area contributed by atoms with Gasteiger partial charge in [-0.3, -0.25) is 9.59 Å². The number of methoxy groups -OCH3 is 2. The van der Waals surface area contributed by atoms with Crippen molar-refractivity contribution in [3.8, 4) is 33.8 Å². The van der Waals surface area contributed by atoms with Gasteiger partial charge in [-0.2, -0.15) is 0 Å². The van der Waals surface area contributed by atoms with Crippen molar-refractivity contribution in [3.63, 3.8) is 0 Å². The Hall–Kier alpha value is -8.32. The number of para-hydroxylation sites is 2. The minimum Gasteiger partial charge on any atom is -0.496 e. The minimum atomic E-state index is -0.187. The number of ether oxygens (including phenoxy) is 4. The predicted molar refractivity (Wildman–Crippen MR) is 278 cm³/mol. The molecule has 2 amide bonds. The molecule has 0 saturated heterocycles. The molecule has 4 unspecified atom stereocenters. The Morgan fingerprint density at radius 3 is 1.25 bits per heavy atom. The SMILES string of the molecule is COc1ccccc1-c1ccc2c(c1)C1OC2c2cc(C(=O)NCc3c(C)cc(N)nc3C)ccc21.COc1ccccc1-c1ccc2c(c1)C1OC2c2ccc(C(=O)NCc3c(C)cc(N)nc3C)cc21. The van der Waals surface area contributed by atoms with Gasteiger partial charge in [0.05, 0.1) is 14.2 Å². The third-order valence-corrected chi connectivity index (χ3v) is 14.5. The van der Waals surface area contributed by atoms with Crippen molar-refractivity contribution < 1.29 is 28.5 Å². The van der Waals surface area contributed by atoms with Gasteiger partial charge in [0.25, 0.3) is 11.8 Å². The first-order valence-corrected chi connectivity index (χ1v) is 24.0. The molecule has 4 aliphatic rings. The van der Waals surface area contributed by atoms with E-state index < -0.39 is 0 Å². The Morgan fingerprint density at radius 1 is 0.486 bits per heavy atom. The zero-order valence-electron chi connectivity index (χ0n) is 40.9. The molecule has 6 aromatic carbocycles. The monoisotopic (exact) mass is 954 g/mol. The maximum atomic E-state index is 13.1. The smallest absolute Gasteiger partial charge is 0.251 e. The lowest BCUT2D eigenvalue weighted by molar-refractivity contribution is 0.0856. The van der Waals surface area contributed by atoms with E-state index in [4.69, 9.17) is 30.4 Å². The largest absolute Gasteiger partial charge is 0.496 e. The van der Waals surface area contributed by atoms with Crippen molar-refractivity contribution in [2.75, 3.05) is 25.7 Å². The van der Waals surface area contributed by atoms with Gasteiger partial charge in [0.15, 0.2) is 0 Å². The molecule has 12 rings (SSSR count). The summed E-state index contributed by atoms with van der Waals surface area (Å²) in [6, 6.07) is 44.3. The molecule has 0 aliphatic carbocycles. The van der Waals surface area contributed by atoms with Gasteiger partial charge in [-0.25, -0.2) is 9.97 Å². The van der Waals surface area contributed by atoms with Crippen LogP contribution in [0, 0.1) is 27.7 Å². The van der Waals surface area contributed by atoms with Crippen LogP contribution in [0.3, 0.4) is 0 Å². The third kappa shape index (κ3) is 8.08. The number of hydrogen-bond acceptors (Lipinski definition) is 10. The molecule has 4 aliphatic heterocycles. The Bertz CT molecular complexity index is 3470. The fourth-order valence-corrected chi connectivity index (χ4v) is 10.9. The standard InChI is InChI=1S/2C30H27N3O3/c1-16-12-27(31)33-17(2)25(16)15-32-30(34)19-9-11-22-24(14-19)29-21-10-8-18(13-23(21)28(22)36-29)20-6-4-5-7-26(20)35-3;1-16-12-27(31)33-17(2)25(16)15-32-30(34)19-9-11-22-24(14-19)29-23-13-18(8-10-21(23)28(22)36-29)20-6-4-5-7-26(20)35-3/h2*4-14,28-29H,15H2,1-3H3,(H2,31,33)(H,32,34). The average molecular weight is 955 g/mol. The first kappa shape index (κ1) is 46.1. The zero-order chi connectivity index (χ0) is 49.9. The van der Waals surface area contributed by atoms with Crippen molar-refractivity contribution in [3.05, 3.63) is 223 Å². The van der Waals surface area contributed by atoms with Gasteiger partial charge in [-0.15, -0.1) is 0 Å². The van der Waals surface area contributed by atoms with Crippen LogP contribution >= 0.6 is 0 Å². The third-order valence-electron chi connectivity index (χ3n) is 14.5. The van der Waals surface area contributed by atoms with Gasteiger partial charge in [0.1, 0.15) is 47.6 Å². The van der Waals surface area contributed by atoms with Gasteiger partial charge in [-0.1, -0.05) is 72.8 Å². The van der Waals surface area contributed by atoms with E-state index in [-0.39, 0.29) is 36.2 Å². The number of carbonyl (C=O) groups excluding carboxylic acids is 2. The fourth-order valence-electron chi connectivity index (χ4n) is 10.9. The normalized spacial score (nSPS) is 17.0. The zero-order valence-corrected chi connectivity index (χ0v) is 40.9. The van der Waals surface area contributed by atoms with Crippen LogP contribution in [0.1, 0.15) is 123 Å². The minimum absolute atomic E-state index is 0.102. The van der Waals surface area contributed by atoms with Crippen LogP contribution in [0.5, 0.6) is 11.5 Å². The molecule has 0 saturated carbocycles. The number of nitrogen functional groups attached to an aromatic ring is 2. The van der Waals surface area contributed by atoms with E-state index in [0.717, 1.165) is 101 Å². The second-order valence-corrected chi connectivity index (χ2v) is 18.8. The van der Waals surface area contributed by atoms with E-state index in [1.54, 1.807) is 14.2 Å². The molecule has 12 nitrogen and oxygen atoms in total. The van der Waals surface area contributed by atoms with Crippen LogP contribution in [-0.4, -0.2) is 36.0 Å². The lowest BCUT2D eigenvalue weighted by atomic mass is 9.83. The predicted octanol–water partition coefficient (Wildman–Crippen LogP) is 10.8. The number of carbonyl (C=O) groups is 2. The molecular formula is C60H54N6O6. The quantitative estimate of drug-likeness (QED) is 0.103. The molecule has 4 bridgehead atoms. The molecule has 0 fully saturated rings. The summed E-state index contributed by atoms with van der Waals surface area (Å²) in [6.45, 7) is 8.57. The molecule has 12 heteroatoms. The highest BCUT2D eigenvalue weighted by Gasteiger charge is 2.44. The maximum absolute atomic E-state index is 13.1. The second kappa shape index (κ2) is 18.5. The van der Waals surface area contributed by atoms with Crippen molar-refractivity contribution in [2.24, 2.45) is 0 Å². The van der Waals surface area contributed by atoms with Gasteiger partial charge < -0.3 is 41.0 Å². The number of pyridine rings is 2. The Balaban J connectivity index is 0.000000156. The van der Waals surface area contributed by atoms with E-state index in [0.29, 0.717) is 35.9 Å².